The number of nitrogens with one attached hydrogen (secondary N) is 2. The molecule has 0 bridgehead atoms. The maximum absolute atomic E-state index is 11.9. The number of halogens is 1. The van der Waals surface area contributed by atoms with Gasteiger partial charge in [-0.25, -0.2) is 0 Å². The lowest BCUT2D eigenvalue weighted by Crippen LogP contribution is -2.42. The number of nitrogens with zero attached hydrogens (tertiary/aromatic N) is 1. The van der Waals surface area contributed by atoms with Crippen LogP contribution in [0.3, 0.4) is 0 Å². The van der Waals surface area contributed by atoms with Crippen LogP contribution >= 0.6 is 15.9 Å². The predicted molar refractivity (Wildman–Crippen MR) is 87.2 cm³/mol. The van der Waals surface area contributed by atoms with Gasteiger partial charge >= 0.3 is 0 Å². The summed E-state index contributed by atoms with van der Waals surface area (Å²) in [6.07, 6.45) is 0. The molecule has 8 heteroatoms. The number of amides is 3. The van der Waals surface area contributed by atoms with Crippen LogP contribution in [0, 0.1) is 6.92 Å². The van der Waals surface area contributed by atoms with Crippen LogP contribution in [0.5, 0.6) is 0 Å². The molecule has 1 aromatic rings. The number of benzene rings is 1. The SMILES string of the molecule is Cc1cc(Br)ccc1NC(=O)CN(C)C(=O)CNC(=O)CN. The molecule has 0 aliphatic heterocycles. The number of nitrogens with two attached hydrogens (primary N) is 1. The summed E-state index contributed by atoms with van der Waals surface area (Å²) in [6, 6.07) is 5.48. The van der Waals surface area contributed by atoms with E-state index in [4.69, 9.17) is 5.73 Å². The van der Waals surface area contributed by atoms with Gasteiger partial charge in [-0.1, -0.05) is 15.9 Å². The first kappa shape index (κ1) is 18.1. The molecule has 22 heavy (non-hydrogen) atoms. The number of rotatable bonds is 6. The van der Waals surface area contributed by atoms with Gasteiger partial charge in [-0.05, 0) is 30.7 Å². The summed E-state index contributed by atoms with van der Waals surface area (Å²) in [5, 5.41) is 5.10. The standard InChI is InChI=1S/C14H19BrN4O3/c1-9-5-10(15)3-4-11(9)18-13(21)8-19(2)14(22)7-17-12(20)6-16/h3-5H,6-8,16H2,1-2H3,(H,17,20)(H,18,21). The average Bonchev–Trinajstić information content (AvgIpc) is 2.47. The quantitative estimate of drug-likeness (QED) is 0.666. The molecule has 0 radical (unpaired) electrons. The van der Waals surface area contributed by atoms with Crippen molar-refractivity contribution >= 4 is 39.3 Å². The van der Waals surface area contributed by atoms with Crippen LogP contribution in [-0.2, 0) is 14.4 Å². The third kappa shape index (κ3) is 5.82. The molecule has 0 aromatic heterocycles. The highest BCUT2D eigenvalue weighted by Gasteiger charge is 2.14. The van der Waals surface area contributed by atoms with Crippen molar-refractivity contribution < 1.29 is 14.4 Å². The van der Waals surface area contributed by atoms with Crippen molar-refractivity contribution in [3.63, 3.8) is 0 Å². The minimum Gasteiger partial charge on any atom is -0.346 e. The van der Waals surface area contributed by atoms with Gasteiger partial charge in [0.2, 0.25) is 17.7 Å². The molecule has 0 heterocycles. The lowest BCUT2D eigenvalue weighted by Gasteiger charge is -2.17. The van der Waals surface area contributed by atoms with Crippen LogP contribution in [0.25, 0.3) is 0 Å². The lowest BCUT2D eigenvalue weighted by molar-refractivity contribution is -0.134. The van der Waals surface area contributed by atoms with Crippen LogP contribution in [0.1, 0.15) is 5.56 Å². The summed E-state index contributed by atoms with van der Waals surface area (Å²) in [4.78, 5) is 35.9. The molecule has 0 atom stereocenters. The molecule has 0 saturated carbocycles. The van der Waals surface area contributed by atoms with E-state index in [9.17, 15) is 14.4 Å². The summed E-state index contributed by atoms with van der Waals surface area (Å²) >= 11 is 3.35. The van der Waals surface area contributed by atoms with Crippen LogP contribution in [0.4, 0.5) is 5.69 Å². The second kappa shape index (κ2) is 8.50. The summed E-state index contributed by atoms with van der Waals surface area (Å²) in [5.41, 5.74) is 6.72. The van der Waals surface area contributed by atoms with Crippen molar-refractivity contribution in [3.05, 3.63) is 28.2 Å². The van der Waals surface area contributed by atoms with E-state index < -0.39 is 5.91 Å². The summed E-state index contributed by atoms with van der Waals surface area (Å²) in [6.45, 7) is 1.40. The second-order valence-corrected chi connectivity index (χ2v) is 5.65. The zero-order chi connectivity index (χ0) is 16.7. The first-order valence-corrected chi connectivity index (χ1v) is 7.39. The minimum absolute atomic E-state index is 0.104. The molecule has 1 aromatic carbocycles. The number of likely N-dealkylation sites (N-methyl/N-ethyl adjacent to an activating group) is 1. The van der Waals surface area contributed by atoms with E-state index in [1.54, 1.807) is 6.07 Å². The smallest absolute Gasteiger partial charge is 0.243 e. The Bertz CT molecular complexity index is 577. The van der Waals surface area contributed by atoms with E-state index in [1.165, 1.54) is 11.9 Å². The molecule has 0 fully saturated rings. The van der Waals surface area contributed by atoms with Crippen LogP contribution in [0.15, 0.2) is 22.7 Å². The maximum atomic E-state index is 11.9. The van der Waals surface area contributed by atoms with Crippen molar-refractivity contribution in [1.29, 1.82) is 0 Å². The van der Waals surface area contributed by atoms with Gasteiger partial charge < -0.3 is 21.3 Å². The highest BCUT2D eigenvalue weighted by molar-refractivity contribution is 9.10. The van der Waals surface area contributed by atoms with E-state index in [0.29, 0.717) is 5.69 Å². The van der Waals surface area contributed by atoms with Gasteiger partial charge in [-0.15, -0.1) is 0 Å². The molecule has 0 saturated heterocycles. The fourth-order valence-corrected chi connectivity index (χ4v) is 2.12. The van der Waals surface area contributed by atoms with Crippen molar-refractivity contribution in [2.24, 2.45) is 5.73 Å². The van der Waals surface area contributed by atoms with E-state index in [1.807, 2.05) is 19.1 Å². The Hall–Kier alpha value is -1.93. The molecule has 7 nitrogen and oxygen atoms in total. The summed E-state index contributed by atoms with van der Waals surface area (Å²) < 4.78 is 0.922. The number of carbonyl (C=O) groups is 3. The number of anilines is 1. The Morgan fingerprint density at radius 3 is 2.55 bits per heavy atom. The van der Waals surface area contributed by atoms with Crippen molar-refractivity contribution in [1.82, 2.24) is 10.2 Å². The fraction of sp³-hybridized carbons (Fsp3) is 0.357. The third-order valence-electron chi connectivity index (χ3n) is 2.89. The normalized spacial score (nSPS) is 10.0. The monoisotopic (exact) mass is 370 g/mol. The molecule has 1 rings (SSSR count). The largest absolute Gasteiger partial charge is 0.346 e. The lowest BCUT2D eigenvalue weighted by atomic mass is 10.2. The average molecular weight is 371 g/mol. The fourth-order valence-electron chi connectivity index (χ4n) is 1.64. The zero-order valence-corrected chi connectivity index (χ0v) is 14.1. The highest BCUT2D eigenvalue weighted by Crippen LogP contribution is 2.19. The van der Waals surface area contributed by atoms with E-state index in [-0.39, 0.29) is 31.4 Å². The van der Waals surface area contributed by atoms with Gasteiger partial charge in [0.25, 0.3) is 0 Å². The van der Waals surface area contributed by atoms with Gasteiger partial charge in [0.15, 0.2) is 0 Å². The van der Waals surface area contributed by atoms with E-state index in [2.05, 4.69) is 26.6 Å². The first-order chi connectivity index (χ1) is 10.3. The molecular formula is C14H19BrN4O3. The summed E-state index contributed by atoms with van der Waals surface area (Å²) in [5.74, 6) is -1.10. The number of hydrogen-bond acceptors (Lipinski definition) is 4. The Labute approximate surface area is 137 Å². The van der Waals surface area contributed by atoms with E-state index >= 15 is 0 Å². The van der Waals surface area contributed by atoms with Gasteiger partial charge in [0.05, 0.1) is 19.6 Å². The third-order valence-corrected chi connectivity index (χ3v) is 3.38. The van der Waals surface area contributed by atoms with Gasteiger partial charge in [0.1, 0.15) is 0 Å². The first-order valence-electron chi connectivity index (χ1n) is 6.60. The van der Waals surface area contributed by atoms with E-state index in [0.717, 1.165) is 10.0 Å². The van der Waals surface area contributed by atoms with Crippen LogP contribution < -0.4 is 16.4 Å². The second-order valence-electron chi connectivity index (χ2n) is 4.74. The zero-order valence-electron chi connectivity index (χ0n) is 12.5. The van der Waals surface area contributed by atoms with Crippen LogP contribution in [0.2, 0.25) is 0 Å². The number of aryl methyl sites for hydroxylation is 1. The molecular weight excluding hydrogens is 352 g/mol. The van der Waals surface area contributed by atoms with Crippen LogP contribution in [-0.4, -0.2) is 49.3 Å². The molecule has 0 unspecified atom stereocenters. The summed E-state index contributed by atoms with van der Waals surface area (Å²) in [7, 11) is 1.49. The molecule has 3 amide bonds. The number of carbonyl (C=O) groups excluding carboxylic acids is 3. The molecule has 0 aliphatic carbocycles. The molecule has 0 spiro atoms. The van der Waals surface area contributed by atoms with Crippen molar-refractivity contribution in [2.45, 2.75) is 6.92 Å². The predicted octanol–water partition coefficient (Wildman–Crippen LogP) is 0.229. The van der Waals surface area contributed by atoms with Crippen molar-refractivity contribution in [2.75, 3.05) is 32.0 Å². The Balaban J connectivity index is 2.50. The molecule has 120 valence electrons. The topological polar surface area (TPSA) is 105 Å². The van der Waals surface area contributed by atoms with Gasteiger partial charge in [0, 0.05) is 17.2 Å². The Morgan fingerprint density at radius 1 is 1.27 bits per heavy atom. The highest BCUT2D eigenvalue weighted by atomic mass is 79.9. The molecule has 4 N–H and O–H groups in total. The Kier molecular flexibility index (Phi) is 7.00. The Morgan fingerprint density at radius 2 is 1.95 bits per heavy atom. The van der Waals surface area contributed by atoms with Crippen molar-refractivity contribution in [3.8, 4) is 0 Å². The number of hydrogen-bond donors (Lipinski definition) is 3. The molecule has 0 aliphatic rings. The van der Waals surface area contributed by atoms with Gasteiger partial charge in [-0.2, -0.15) is 0 Å². The minimum atomic E-state index is -0.420. The maximum Gasteiger partial charge on any atom is 0.243 e. The van der Waals surface area contributed by atoms with Gasteiger partial charge in [-0.3, -0.25) is 14.4 Å².